The molecule has 0 bridgehead atoms. The van der Waals surface area contributed by atoms with Crippen molar-refractivity contribution in [2.75, 3.05) is 6.54 Å². The molecule has 17 heavy (non-hydrogen) atoms. The van der Waals surface area contributed by atoms with Crippen molar-refractivity contribution in [3.05, 3.63) is 10.7 Å². The molecule has 0 spiro atoms. The first-order valence-corrected chi connectivity index (χ1v) is 7.53. The summed E-state index contributed by atoms with van der Waals surface area (Å²) in [4.78, 5) is 3.72. The van der Waals surface area contributed by atoms with E-state index in [9.17, 15) is 8.42 Å². The van der Waals surface area contributed by atoms with Gasteiger partial charge in [0.2, 0.25) is 0 Å². The molecule has 0 aromatic carbocycles. The van der Waals surface area contributed by atoms with E-state index in [2.05, 4.69) is 4.98 Å². The molecular formula is C9H12ClN3O2S2. The van der Waals surface area contributed by atoms with Crippen LogP contribution in [-0.4, -0.2) is 30.3 Å². The fourth-order valence-corrected chi connectivity index (χ4v) is 4.35. The van der Waals surface area contributed by atoms with Crippen molar-refractivity contribution >= 4 is 33.0 Å². The van der Waals surface area contributed by atoms with Gasteiger partial charge in [0.25, 0.3) is 10.0 Å². The van der Waals surface area contributed by atoms with Gasteiger partial charge in [-0.2, -0.15) is 9.57 Å². The molecule has 0 atom stereocenters. The summed E-state index contributed by atoms with van der Waals surface area (Å²) in [6, 6.07) is 1.72. The van der Waals surface area contributed by atoms with Gasteiger partial charge in [0.1, 0.15) is 0 Å². The minimum Gasteiger partial charge on any atom is -0.232 e. The lowest BCUT2D eigenvalue weighted by Gasteiger charge is -2.23. The van der Waals surface area contributed by atoms with Gasteiger partial charge in [0, 0.05) is 19.0 Å². The van der Waals surface area contributed by atoms with Gasteiger partial charge in [-0.25, -0.2) is 13.4 Å². The van der Waals surface area contributed by atoms with Gasteiger partial charge >= 0.3 is 0 Å². The second kappa shape index (κ2) is 5.78. The van der Waals surface area contributed by atoms with Crippen LogP contribution in [0.3, 0.4) is 0 Å². The number of nitrogens with zero attached hydrogens (tertiary/aromatic N) is 3. The molecule has 0 amide bonds. The maximum Gasteiger partial charge on any atom is 0.254 e. The Bertz CT molecular complexity index is 519. The zero-order chi connectivity index (χ0) is 13.1. The third kappa shape index (κ3) is 3.39. The van der Waals surface area contributed by atoms with E-state index in [4.69, 9.17) is 16.9 Å². The highest BCUT2D eigenvalue weighted by molar-refractivity contribution is 7.91. The molecule has 0 radical (unpaired) electrons. The van der Waals surface area contributed by atoms with Gasteiger partial charge < -0.3 is 0 Å². The predicted octanol–water partition coefficient (Wildman–Crippen LogP) is 2.11. The van der Waals surface area contributed by atoms with Crippen molar-refractivity contribution in [3.8, 4) is 6.07 Å². The zero-order valence-electron chi connectivity index (χ0n) is 9.42. The Balaban J connectivity index is 3.05. The summed E-state index contributed by atoms with van der Waals surface area (Å²) >= 11 is 6.54. The molecule has 0 N–H and O–H groups in total. The molecule has 0 aliphatic carbocycles. The van der Waals surface area contributed by atoms with Crippen LogP contribution >= 0.6 is 22.9 Å². The maximum absolute atomic E-state index is 12.2. The van der Waals surface area contributed by atoms with Gasteiger partial charge in [-0.1, -0.05) is 22.9 Å². The largest absolute Gasteiger partial charge is 0.254 e. The van der Waals surface area contributed by atoms with E-state index in [1.54, 1.807) is 13.8 Å². The average Bonchev–Trinajstić information content (AvgIpc) is 2.65. The molecule has 1 rings (SSSR count). The van der Waals surface area contributed by atoms with E-state index in [1.807, 2.05) is 6.07 Å². The molecule has 1 aromatic rings. The summed E-state index contributed by atoms with van der Waals surface area (Å²) in [5.41, 5.74) is 0. The van der Waals surface area contributed by atoms with Crippen molar-refractivity contribution in [1.82, 2.24) is 9.29 Å². The third-order valence-corrected chi connectivity index (χ3v) is 5.67. The van der Waals surface area contributed by atoms with E-state index in [-0.39, 0.29) is 27.7 Å². The van der Waals surface area contributed by atoms with Crippen LogP contribution in [0.25, 0.3) is 0 Å². The summed E-state index contributed by atoms with van der Waals surface area (Å²) in [6.45, 7) is 3.70. The van der Waals surface area contributed by atoms with E-state index < -0.39 is 10.0 Å². The first-order chi connectivity index (χ1) is 7.89. The molecule has 1 aromatic heterocycles. The lowest BCUT2D eigenvalue weighted by molar-refractivity contribution is 0.361. The summed E-state index contributed by atoms with van der Waals surface area (Å²) in [7, 11) is -3.60. The number of hydrogen-bond acceptors (Lipinski definition) is 5. The first kappa shape index (κ1) is 14.4. The molecule has 5 nitrogen and oxygen atoms in total. The van der Waals surface area contributed by atoms with Gasteiger partial charge in [0.15, 0.2) is 8.68 Å². The maximum atomic E-state index is 12.2. The van der Waals surface area contributed by atoms with Crippen molar-refractivity contribution in [2.45, 2.75) is 30.5 Å². The Hall–Kier alpha value is -0.680. The van der Waals surface area contributed by atoms with E-state index in [1.165, 1.54) is 10.5 Å². The van der Waals surface area contributed by atoms with Crippen molar-refractivity contribution in [1.29, 1.82) is 5.26 Å². The second-order valence-corrected chi connectivity index (χ2v) is 7.28. The molecule has 94 valence electrons. The van der Waals surface area contributed by atoms with Crippen LogP contribution in [0.15, 0.2) is 10.4 Å². The SMILES string of the molecule is CC(C)N(CCC#N)S(=O)(=O)c1cnc(Cl)s1. The number of rotatable bonds is 5. The van der Waals surface area contributed by atoms with Crippen molar-refractivity contribution < 1.29 is 8.42 Å². The van der Waals surface area contributed by atoms with E-state index in [0.29, 0.717) is 0 Å². The highest BCUT2D eigenvalue weighted by Gasteiger charge is 2.28. The van der Waals surface area contributed by atoms with Crippen LogP contribution in [0.5, 0.6) is 0 Å². The zero-order valence-corrected chi connectivity index (χ0v) is 11.8. The standard InChI is InChI=1S/C9H12ClN3O2S2/c1-7(2)13(5-3-4-11)17(14,15)8-6-12-9(10)16-8/h6-7H,3,5H2,1-2H3. The van der Waals surface area contributed by atoms with Crippen molar-refractivity contribution in [2.24, 2.45) is 0 Å². The van der Waals surface area contributed by atoms with Gasteiger partial charge in [0.05, 0.1) is 12.3 Å². The fourth-order valence-electron chi connectivity index (χ4n) is 1.29. The predicted molar refractivity (Wildman–Crippen MR) is 66.4 cm³/mol. The lowest BCUT2D eigenvalue weighted by atomic mass is 10.3. The number of aromatic nitrogens is 1. The van der Waals surface area contributed by atoms with Gasteiger partial charge in [-0.05, 0) is 13.8 Å². The van der Waals surface area contributed by atoms with Gasteiger partial charge in [-0.3, -0.25) is 0 Å². The van der Waals surface area contributed by atoms with Crippen LogP contribution in [0.1, 0.15) is 20.3 Å². The summed E-state index contributed by atoms with van der Waals surface area (Å²) in [5.74, 6) is 0. The summed E-state index contributed by atoms with van der Waals surface area (Å²) < 4.78 is 26.0. The number of nitriles is 1. The quantitative estimate of drug-likeness (QED) is 0.833. The number of halogens is 1. The first-order valence-electron chi connectivity index (χ1n) is 4.89. The minimum atomic E-state index is -3.60. The van der Waals surface area contributed by atoms with Gasteiger partial charge in [-0.15, -0.1) is 0 Å². The van der Waals surface area contributed by atoms with Crippen molar-refractivity contribution in [3.63, 3.8) is 0 Å². The summed E-state index contributed by atoms with van der Waals surface area (Å²) in [6.07, 6.45) is 1.40. The second-order valence-electron chi connectivity index (χ2n) is 3.55. The smallest absolute Gasteiger partial charge is 0.232 e. The normalized spacial score (nSPS) is 12.0. The van der Waals surface area contributed by atoms with Crippen LogP contribution in [0.2, 0.25) is 4.47 Å². The minimum absolute atomic E-state index is 0.106. The number of hydrogen-bond donors (Lipinski definition) is 0. The molecule has 8 heteroatoms. The molecule has 0 fully saturated rings. The topological polar surface area (TPSA) is 74.1 Å². The summed E-state index contributed by atoms with van der Waals surface area (Å²) in [5, 5.41) is 8.53. The van der Waals surface area contributed by atoms with E-state index >= 15 is 0 Å². The van der Waals surface area contributed by atoms with Crippen LogP contribution in [0, 0.1) is 11.3 Å². The molecule has 0 aliphatic rings. The molecule has 0 saturated heterocycles. The molecule has 0 saturated carbocycles. The highest BCUT2D eigenvalue weighted by Crippen LogP contribution is 2.26. The van der Waals surface area contributed by atoms with Crippen LogP contribution in [-0.2, 0) is 10.0 Å². The Morgan fingerprint density at radius 2 is 2.29 bits per heavy atom. The molecule has 1 heterocycles. The average molecular weight is 294 g/mol. The van der Waals surface area contributed by atoms with E-state index in [0.717, 1.165) is 11.3 Å². The Morgan fingerprint density at radius 3 is 2.71 bits per heavy atom. The highest BCUT2D eigenvalue weighted by atomic mass is 35.5. The molecule has 0 aliphatic heterocycles. The number of sulfonamides is 1. The molecular weight excluding hydrogens is 282 g/mol. The Morgan fingerprint density at radius 1 is 1.65 bits per heavy atom. The molecule has 0 unspecified atom stereocenters. The Kier molecular flexibility index (Phi) is 4.89. The van der Waals surface area contributed by atoms with Crippen LogP contribution < -0.4 is 0 Å². The number of thiazole rings is 1. The third-order valence-electron chi connectivity index (χ3n) is 2.04. The Labute approximate surface area is 110 Å². The van der Waals surface area contributed by atoms with Crippen LogP contribution in [0.4, 0.5) is 0 Å². The fraction of sp³-hybridized carbons (Fsp3) is 0.556. The lowest BCUT2D eigenvalue weighted by Crippen LogP contribution is -2.37. The monoisotopic (exact) mass is 293 g/mol.